The van der Waals surface area contributed by atoms with E-state index >= 15 is 0 Å². The van der Waals surface area contributed by atoms with Crippen LogP contribution in [-0.2, 0) is 0 Å². The van der Waals surface area contributed by atoms with Gasteiger partial charge in [0.25, 0.3) is 0 Å². The lowest BCUT2D eigenvalue weighted by atomic mass is 10.2. The number of anilines is 1. The Morgan fingerprint density at radius 1 is 0.964 bits per heavy atom. The van der Waals surface area contributed by atoms with Crippen LogP contribution < -0.4 is 4.90 Å². The number of piperazine rings is 1. The lowest BCUT2D eigenvalue weighted by Gasteiger charge is -2.36. The Morgan fingerprint density at radius 3 is 2.43 bits per heavy atom. The zero-order valence-electron chi connectivity index (χ0n) is 16.1. The summed E-state index contributed by atoms with van der Waals surface area (Å²) in [5.74, 6) is 1.06. The van der Waals surface area contributed by atoms with Gasteiger partial charge in [-0.3, -0.25) is 4.99 Å². The zero-order valence-corrected chi connectivity index (χ0v) is 17.8. The number of rotatable bonds is 2. The number of thioether (sulfide) groups is 1. The van der Waals surface area contributed by atoms with Crippen LogP contribution in [0.4, 0.5) is 5.82 Å². The Kier molecular flexibility index (Phi) is 4.51. The van der Waals surface area contributed by atoms with Crippen molar-refractivity contribution in [1.82, 2.24) is 14.9 Å². The van der Waals surface area contributed by atoms with Crippen molar-refractivity contribution in [3.8, 4) is 10.4 Å². The molecule has 1 aromatic carbocycles. The van der Waals surface area contributed by atoms with Crippen LogP contribution in [0.5, 0.6) is 0 Å². The second-order valence-corrected chi connectivity index (χ2v) is 10.5. The van der Waals surface area contributed by atoms with Gasteiger partial charge in [0.15, 0.2) is 5.17 Å². The summed E-state index contributed by atoms with van der Waals surface area (Å²) in [6.45, 7) is 9.35. The van der Waals surface area contributed by atoms with Crippen molar-refractivity contribution < 1.29 is 0 Å². The fraction of sp³-hybridized carbons (Fsp3) is 0.381. The standard InChI is InChI=1S/C21H23N5S2/c1-21(2)13-22-20(28-21)26-10-8-25(9-11-26)18-16-12-17(15-6-4-3-5-7-15)27-19(16)24-14-23-18/h3-7,12,14H,8-11,13H2,1-2H3. The van der Waals surface area contributed by atoms with Crippen molar-refractivity contribution in [2.24, 2.45) is 4.99 Å². The first-order valence-electron chi connectivity index (χ1n) is 9.62. The highest BCUT2D eigenvalue weighted by Crippen LogP contribution is 2.37. The van der Waals surface area contributed by atoms with Gasteiger partial charge in [-0.25, -0.2) is 9.97 Å². The minimum absolute atomic E-state index is 0.232. The Bertz CT molecular complexity index is 1020. The molecule has 1 fully saturated rings. The predicted molar refractivity (Wildman–Crippen MR) is 121 cm³/mol. The Hall–Kier alpha value is -2.12. The van der Waals surface area contributed by atoms with Gasteiger partial charge in [-0.2, -0.15) is 0 Å². The van der Waals surface area contributed by atoms with Crippen molar-refractivity contribution >= 4 is 44.3 Å². The molecule has 0 saturated carbocycles. The van der Waals surface area contributed by atoms with Gasteiger partial charge < -0.3 is 9.80 Å². The first kappa shape index (κ1) is 17.9. The van der Waals surface area contributed by atoms with Gasteiger partial charge in [0.1, 0.15) is 17.0 Å². The number of thiophene rings is 1. The number of aliphatic imine (C=N–C) groups is 1. The number of amidine groups is 1. The second kappa shape index (κ2) is 7.04. The van der Waals surface area contributed by atoms with Crippen LogP contribution in [-0.4, -0.2) is 57.5 Å². The van der Waals surface area contributed by atoms with E-state index in [4.69, 9.17) is 4.99 Å². The summed E-state index contributed by atoms with van der Waals surface area (Å²) in [5.41, 5.74) is 1.24. The van der Waals surface area contributed by atoms with E-state index in [1.165, 1.54) is 15.6 Å². The average molecular weight is 410 g/mol. The summed E-state index contributed by atoms with van der Waals surface area (Å²) >= 11 is 3.65. The molecule has 0 N–H and O–H groups in total. The molecule has 2 aromatic heterocycles. The molecule has 0 spiro atoms. The fourth-order valence-electron chi connectivity index (χ4n) is 3.68. The van der Waals surface area contributed by atoms with Gasteiger partial charge in [-0.1, -0.05) is 42.1 Å². The molecule has 2 aliphatic heterocycles. The van der Waals surface area contributed by atoms with Crippen molar-refractivity contribution in [2.45, 2.75) is 18.6 Å². The van der Waals surface area contributed by atoms with Crippen LogP contribution >= 0.6 is 23.1 Å². The van der Waals surface area contributed by atoms with Crippen molar-refractivity contribution in [3.63, 3.8) is 0 Å². The molecule has 0 aliphatic carbocycles. The van der Waals surface area contributed by atoms with Crippen LogP contribution in [0.15, 0.2) is 47.7 Å². The van der Waals surface area contributed by atoms with E-state index < -0.39 is 0 Å². The molecule has 0 radical (unpaired) electrons. The molecule has 5 rings (SSSR count). The third-order valence-electron chi connectivity index (χ3n) is 5.18. The van der Waals surface area contributed by atoms with Crippen LogP contribution in [0.25, 0.3) is 20.7 Å². The number of aromatic nitrogens is 2. The number of fused-ring (bicyclic) bond motifs is 1. The molecule has 1 saturated heterocycles. The SMILES string of the molecule is CC1(C)CN=C(N2CCN(c3ncnc4sc(-c5ccccc5)cc34)CC2)S1. The minimum atomic E-state index is 0.232. The second-order valence-electron chi connectivity index (χ2n) is 7.83. The number of hydrogen-bond donors (Lipinski definition) is 0. The smallest absolute Gasteiger partial charge is 0.159 e. The van der Waals surface area contributed by atoms with E-state index in [-0.39, 0.29) is 4.75 Å². The van der Waals surface area contributed by atoms with Crippen LogP contribution in [0.3, 0.4) is 0 Å². The van der Waals surface area contributed by atoms with E-state index in [9.17, 15) is 0 Å². The van der Waals surface area contributed by atoms with Gasteiger partial charge in [0, 0.05) is 35.8 Å². The van der Waals surface area contributed by atoms with Crippen molar-refractivity contribution in [3.05, 3.63) is 42.7 Å². The Morgan fingerprint density at radius 2 is 1.71 bits per heavy atom. The molecule has 28 heavy (non-hydrogen) atoms. The van der Waals surface area contributed by atoms with E-state index in [0.717, 1.165) is 48.8 Å². The molecule has 3 aromatic rings. The first-order valence-corrected chi connectivity index (χ1v) is 11.3. The highest BCUT2D eigenvalue weighted by molar-refractivity contribution is 8.15. The van der Waals surface area contributed by atoms with E-state index in [1.807, 2.05) is 11.8 Å². The summed E-state index contributed by atoms with van der Waals surface area (Å²) in [6.07, 6.45) is 1.70. The molecule has 0 bridgehead atoms. The summed E-state index contributed by atoms with van der Waals surface area (Å²) < 4.78 is 0.232. The summed E-state index contributed by atoms with van der Waals surface area (Å²) in [6, 6.07) is 12.8. The highest BCUT2D eigenvalue weighted by atomic mass is 32.2. The molecule has 144 valence electrons. The molecule has 5 nitrogen and oxygen atoms in total. The third-order valence-corrected chi connectivity index (χ3v) is 7.52. The van der Waals surface area contributed by atoms with Gasteiger partial charge >= 0.3 is 0 Å². The van der Waals surface area contributed by atoms with E-state index in [0.29, 0.717) is 0 Å². The summed E-state index contributed by atoms with van der Waals surface area (Å²) in [7, 11) is 0. The maximum absolute atomic E-state index is 4.76. The number of nitrogens with zero attached hydrogens (tertiary/aromatic N) is 5. The quantitative estimate of drug-likeness (QED) is 0.629. The third kappa shape index (κ3) is 3.37. The van der Waals surface area contributed by atoms with Crippen molar-refractivity contribution in [1.29, 1.82) is 0 Å². The monoisotopic (exact) mass is 409 g/mol. The molecular formula is C21H23N5S2. The molecule has 4 heterocycles. The topological polar surface area (TPSA) is 44.6 Å². The molecule has 0 unspecified atom stereocenters. The number of hydrogen-bond acceptors (Lipinski definition) is 7. The lowest BCUT2D eigenvalue weighted by molar-refractivity contribution is 0.391. The Labute approximate surface area is 173 Å². The first-order chi connectivity index (χ1) is 13.6. The maximum atomic E-state index is 4.76. The summed E-state index contributed by atoms with van der Waals surface area (Å²) in [4.78, 5) is 21.1. The van der Waals surface area contributed by atoms with E-state index in [1.54, 1.807) is 17.7 Å². The largest absolute Gasteiger partial charge is 0.352 e. The molecule has 7 heteroatoms. The van der Waals surface area contributed by atoms with Crippen molar-refractivity contribution in [2.75, 3.05) is 37.6 Å². The lowest BCUT2D eigenvalue weighted by Crippen LogP contribution is -2.48. The maximum Gasteiger partial charge on any atom is 0.159 e. The van der Waals surface area contributed by atoms with Crippen LogP contribution in [0.1, 0.15) is 13.8 Å². The van der Waals surface area contributed by atoms with Gasteiger partial charge in [-0.15, -0.1) is 11.3 Å². The summed E-state index contributed by atoms with van der Waals surface area (Å²) in [5, 5.41) is 2.37. The highest BCUT2D eigenvalue weighted by Gasteiger charge is 2.32. The van der Waals surface area contributed by atoms with E-state index in [2.05, 4.69) is 70.0 Å². The van der Waals surface area contributed by atoms with Crippen LogP contribution in [0.2, 0.25) is 0 Å². The molecular weight excluding hydrogens is 386 g/mol. The average Bonchev–Trinajstić information content (AvgIpc) is 3.32. The van der Waals surface area contributed by atoms with Crippen LogP contribution in [0, 0.1) is 0 Å². The Balaban J connectivity index is 1.37. The molecule has 0 atom stereocenters. The normalized spacial score (nSPS) is 19.3. The van der Waals surface area contributed by atoms with Gasteiger partial charge in [0.2, 0.25) is 0 Å². The predicted octanol–water partition coefficient (Wildman–Crippen LogP) is 4.36. The minimum Gasteiger partial charge on any atom is -0.352 e. The number of benzene rings is 1. The fourth-order valence-corrected chi connectivity index (χ4v) is 5.75. The molecule has 0 amide bonds. The van der Waals surface area contributed by atoms with Gasteiger partial charge in [-0.05, 0) is 25.5 Å². The zero-order chi connectivity index (χ0) is 19.1. The molecule has 2 aliphatic rings. The van der Waals surface area contributed by atoms with Gasteiger partial charge in [0.05, 0.1) is 11.9 Å².